The predicted octanol–water partition coefficient (Wildman–Crippen LogP) is 5.56. The van der Waals surface area contributed by atoms with Crippen molar-refractivity contribution in [2.75, 3.05) is 32.5 Å². The lowest BCUT2D eigenvalue weighted by molar-refractivity contribution is -0.139. The molecule has 7 heteroatoms. The van der Waals surface area contributed by atoms with E-state index in [-0.39, 0.29) is 12.3 Å². The topological polar surface area (TPSA) is 75.5 Å². The van der Waals surface area contributed by atoms with Crippen LogP contribution in [0.1, 0.15) is 37.7 Å². The molecule has 3 heterocycles. The molecule has 4 rings (SSSR count). The second-order valence-corrected chi connectivity index (χ2v) is 10.5. The SMILES string of the molecule is COc1ccc2nccc(CCC[C@@H]3CCN(CCCSc4ccncc4)C[C@@H]3CC(=O)O)c2c1. The van der Waals surface area contributed by atoms with E-state index in [0.717, 1.165) is 74.1 Å². The number of carboxylic acid groups (broad SMARTS) is 1. The van der Waals surface area contributed by atoms with Crippen LogP contribution in [0.5, 0.6) is 5.75 Å². The lowest BCUT2D eigenvalue weighted by Gasteiger charge is -2.38. The fourth-order valence-corrected chi connectivity index (χ4v) is 6.01. The molecule has 1 fully saturated rings. The van der Waals surface area contributed by atoms with Crippen LogP contribution >= 0.6 is 11.8 Å². The van der Waals surface area contributed by atoms with E-state index in [1.54, 1.807) is 7.11 Å². The summed E-state index contributed by atoms with van der Waals surface area (Å²) in [5.41, 5.74) is 2.27. The van der Waals surface area contributed by atoms with Crippen molar-refractivity contribution in [3.8, 4) is 5.75 Å². The normalized spacial score (nSPS) is 18.5. The van der Waals surface area contributed by atoms with Crippen molar-refractivity contribution < 1.29 is 14.6 Å². The third-order valence-electron chi connectivity index (χ3n) is 7.01. The number of fused-ring (bicyclic) bond motifs is 1. The number of pyridine rings is 2. The van der Waals surface area contributed by atoms with Gasteiger partial charge in [-0.25, -0.2) is 0 Å². The number of aromatic nitrogens is 2. The van der Waals surface area contributed by atoms with E-state index in [1.807, 2.05) is 54.6 Å². The van der Waals surface area contributed by atoms with Gasteiger partial charge in [-0.1, -0.05) is 0 Å². The average Bonchev–Trinajstić information content (AvgIpc) is 2.88. The number of benzene rings is 1. The van der Waals surface area contributed by atoms with Crippen molar-refractivity contribution in [2.45, 2.75) is 43.4 Å². The maximum Gasteiger partial charge on any atom is 0.303 e. The number of hydrogen-bond donors (Lipinski definition) is 1. The van der Waals surface area contributed by atoms with Gasteiger partial charge in [0.1, 0.15) is 5.75 Å². The van der Waals surface area contributed by atoms with Gasteiger partial charge < -0.3 is 14.7 Å². The molecule has 0 bridgehead atoms. The Morgan fingerprint density at radius 3 is 2.80 bits per heavy atom. The van der Waals surface area contributed by atoms with Gasteiger partial charge in [-0.05, 0) is 105 Å². The first-order chi connectivity index (χ1) is 17.1. The number of thioether (sulfide) groups is 1. The number of carbonyl (C=O) groups is 1. The molecule has 3 aromatic rings. The third kappa shape index (κ3) is 7.42. The fraction of sp³-hybridized carbons (Fsp3) is 0.464. The molecule has 2 aromatic heterocycles. The van der Waals surface area contributed by atoms with Crippen LogP contribution in [0.3, 0.4) is 0 Å². The van der Waals surface area contributed by atoms with Crippen molar-refractivity contribution in [3.05, 3.63) is 60.6 Å². The van der Waals surface area contributed by atoms with Gasteiger partial charge in [0.2, 0.25) is 0 Å². The highest BCUT2D eigenvalue weighted by atomic mass is 32.2. The van der Waals surface area contributed by atoms with Crippen molar-refractivity contribution in [3.63, 3.8) is 0 Å². The molecule has 1 aliphatic rings. The number of piperidine rings is 1. The molecule has 0 amide bonds. The Hall–Kier alpha value is -2.64. The van der Waals surface area contributed by atoms with Crippen LogP contribution in [0, 0.1) is 11.8 Å². The molecule has 186 valence electrons. The molecule has 0 radical (unpaired) electrons. The van der Waals surface area contributed by atoms with Crippen molar-refractivity contribution in [1.82, 2.24) is 14.9 Å². The summed E-state index contributed by atoms with van der Waals surface area (Å²) in [5, 5.41) is 10.7. The van der Waals surface area contributed by atoms with E-state index in [1.165, 1.54) is 10.5 Å². The molecule has 1 aliphatic heterocycles. The van der Waals surface area contributed by atoms with Gasteiger partial charge >= 0.3 is 5.97 Å². The molecule has 1 N–H and O–H groups in total. The van der Waals surface area contributed by atoms with Gasteiger partial charge in [0.05, 0.1) is 12.6 Å². The lowest BCUT2D eigenvalue weighted by atomic mass is 9.80. The molecular formula is C28H35N3O3S. The van der Waals surface area contributed by atoms with Gasteiger partial charge in [0, 0.05) is 41.8 Å². The number of carboxylic acids is 1. The minimum Gasteiger partial charge on any atom is -0.497 e. The lowest BCUT2D eigenvalue weighted by Crippen LogP contribution is -2.41. The third-order valence-corrected chi connectivity index (χ3v) is 8.11. The van der Waals surface area contributed by atoms with Gasteiger partial charge in [-0.15, -0.1) is 11.8 Å². The number of nitrogens with zero attached hydrogens (tertiary/aromatic N) is 3. The first kappa shape index (κ1) is 25.5. The Balaban J connectivity index is 1.27. The number of aliphatic carboxylic acids is 1. The summed E-state index contributed by atoms with van der Waals surface area (Å²) >= 11 is 1.86. The molecule has 0 spiro atoms. The molecule has 2 atom stereocenters. The first-order valence-corrected chi connectivity index (χ1v) is 13.5. The van der Waals surface area contributed by atoms with Crippen LogP contribution in [-0.2, 0) is 11.2 Å². The minimum atomic E-state index is -0.678. The van der Waals surface area contributed by atoms with Gasteiger partial charge in [0.15, 0.2) is 0 Å². The van der Waals surface area contributed by atoms with E-state index in [4.69, 9.17) is 4.74 Å². The van der Waals surface area contributed by atoms with Crippen LogP contribution in [0.2, 0.25) is 0 Å². The summed E-state index contributed by atoms with van der Waals surface area (Å²) in [7, 11) is 1.69. The Labute approximate surface area is 212 Å². The number of likely N-dealkylation sites (tertiary alicyclic amines) is 1. The zero-order valence-corrected chi connectivity index (χ0v) is 21.3. The number of ether oxygens (including phenoxy) is 1. The summed E-state index contributed by atoms with van der Waals surface area (Å²) in [5.74, 6) is 1.93. The van der Waals surface area contributed by atoms with Gasteiger partial charge in [-0.3, -0.25) is 14.8 Å². The highest BCUT2D eigenvalue weighted by molar-refractivity contribution is 7.99. The number of aryl methyl sites for hydroxylation is 1. The van der Waals surface area contributed by atoms with Crippen LogP contribution < -0.4 is 4.74 Å². The van der Waals surface area contributed by atoms with Crippen LogP contribution in [-0.4, -0.2) is 58.4 Å². The van der Waals surface area contributed by atoms with Crippen LogP contribution in [0.4, 0.5) is 0 Å². The smallest absolute Gasteiger partial charge is 0.303 e. The Kier molecular flexibility index (Phi) is 9.37. The summed E-state index contributed by atoms with van der Waals surface area (Å²) < 4.78 is 5.40. The second-order valence-electron chi connectivity index (χ2n) is 9.34. The number of methoxy groups -OCH3 is 1. The predicted molar refractivity (Wildman–Crippen MR) is 141 cm³/mol. The minimum absolute atomic E-state index is 0.225. The van der Waals surface area contributed by atoms with Crippen LogP contribution in [0.25, 0.3) is 10.9 Å². The fourth-order valence-electron chi connectivity index (χ4n) is 5.19. The zero-order valence-electron chi connectivity index (χ0n) is 20.4. The standard InChI is InChI=1S/C28H35N3O3S/c1-34-24-6-7-27-26(19-24)22(8-14-30-27)5-2-4-21-11-16-31(20-23(21)18-28(32)33)15-3-17-35-25-9-12-29-13-10-25/h6-10,12-14,19,21,23H,2-5,11,15-18,20H2,1H3,(H,32,33)/t21-,23+/m1/s1. The number of rotatable bonds is 12. The van der Waals surface area contributed by atoms with E-state index in [9.17, 15) is 9.90 Å². The quantitative estimate of drug-likeness (QED) is 0.262. The van der Waals surface area contributed by atoms with E-state index in [2.05, 4.69) is 27.0 Å². The average molecular weight is 494 g/mol. The molecular weight excluding hydrogens is 458 g/mol. The molecule has 0 unspecified atom stereocenters. The van der Waals surface area contributed by atoms with Crippen molar-refractivity contribution in [1.29, 1.82) is 0 Å². The second kappa shape index (κ2) is 12.9. The largest absolute Gasteiger partial charge is 0.497 e. The number of hydrogen-bond acceptors (Lipinski definition) is 6. The Morgan fingerprint density at radius 2 is 2.00 bits per heavy atom. The molecule has 1 saturated heterocycles. The zero-order chi connectivity index (χ0) is 24.5. The summed E-state index contributed by atoms with van der Waals surface area (Å²) in [4.78, 5) is 23.9. The highest BCUT2D eigenvalue weighted by Crippen LogP contribution is 2.32. The summed E-state index contributed by atoms with van der Waals surface area (Å²) in [6, 6.07) is 12.2. The molecule has 0 aliphatic carbocycles. The van der Waals surface area contributed by atoms with Crippen molar-refractivity contribution >= 4 is 28.6 Å². The molecule has 6 nitrogen and oxygen atoms in total. The van der Waals surface area contributed by atoms with Gasteiger partial charge in [0.25, 0.3) is 0 Å². The highest BCUT2D eigenvalue weighted by Gasteiger charge is 2.30. The first-order valence-electron chi connectivity index (χ1n) is 12.5. The Bertz CT molecular complexity index is 1100. The van der Waals surface area contributed by atoms with Crippen LogP contribution in [0.15, 0.2) is 59.9 Å². The van der Waals surface area contributed by atoms with Crippen molar-refractivity contribution in [2.24, 2.45) is 11.8 Å². The molecule has 0 saturated carbocycles. The maximum absolute atomic E-state index is 11.6. The van der Waals surface area contributed by atoms with E-state index in [0.29, 0.717) is 5.92 Å². The van der Waals surface area contributed by atoms with E-state index < -0.39 is 5.97 Å². The Morgan fingerprint density at radius 1 is 1.14 bits per heavy atom. The van der Waals surface area contributed by atoms with E-state index >= 15 is 0 Å². The maximum atomic E-state index is 11.6. The van der Waals surface area contributed by atoms with Gasteiger partial charge in [-0.2, -0.15) is 0 Å². The summed E-state index contributed by atoms with van der Waals surface area (Å²) in [6.45, 7) is 2.99. The molecule has 1 aromatic carbocycles. The summed E-state index contributed by atoms with van der Waals surface area (Å²) in [6.07, 6.45) is 11.1. The monoisotopic (exact) mass is 493 g/mol. The molecule has 35 heavy (non-hydrogen) atoms.